The second kappa shape index (κ2) is 12.0. The van der Waals surface area contributed by atoms with Gasteiger partial charge in [0.05, 0.1) is 18.4 Å². The molecule has 0 radical (unpaired) electrons. The Balaban J connectivity index is 1.51. The Morgan fingerprint density at radius 3 is 2.32 bits per heavy atom. The fourth-order valence-electron chi connectivity index (χ4n) is 3.02. The van der Waals surface area contributed by atoms with Crippen LogP contribution in [-0.2, 0) is 20.9 Å². The zero-order valence-electron chi connectivity index (χ0n) is 19.0. The SMILES string of the molecule is COc1ccc(/C=C/C(=O)OCC(=O)Nc2ccccc2C(=O)NCc2ccc(C)cc2)cc1. The molecule has 0 aromatic heterocycles. The number of benzene rings is 3. The number of hydrogen-bond donors (Lipinski definition) is 2. The summed E-state index contributed by atoms with van der Waals surface area (Å²) in [5, 5.41) is 5.47. The third kappa shape index (κ3) is 7.34. The van der Waals surface area contributed by atoms with Crippen molar-refractivity contribution < 1.29 is 23.9 Å². The molecular formula is C27H26N2O5. The van der Waals surface area contributed by atoms with E-state index in [0.717, 1.165) is 16.7 Å². The van der Waals surface area contributed by atoms with Crippen molar-refractivity contribution in [1.82, 2.24) is 5.32 Å². The fourth-order valence-corrected chi connectivity index (χ4v) is 3.02. The lowest BCUT2D eigenvalue weighted by atomic mass is 10.1. The third-order valence-corrected chi connectivity index (χ3v) is 4.89. The fraction of sp³-hybridized carbons (Fsp3) is 0.148. The van der Waals surface area contributed by atoms with Crippen LogP contribution in [0.3, 0.4) is 0 Å². The maximum absolute atomic E-state index is 12.6. The molecule has 0 fully saturated rings. The summed E-state index contributed by atoms with van der Waals surface area (Å²) in [6, 6.07) is 21.6. The lowest BCUT2D eigenvalue weighted by molar-refractivity contribution is -0.142. The van der Waals surface area contributed by atoms with Gasteiger partial charge in [-0.15, -0.1) is 0 Å². The lowest BCUT2D eigenvalue weighted by Gasteiger charge is -2.11. The van der Waals surface area contributed by atoms with Crippen LogP contribution in [-0.4, -0.2) is 31.5 Å². The van der Waals surface area contributed by atoms with E-state index in [9.17, 15) is 14.4 Å². The van der Waals surface area contributed by atoms with Crippen molar-refractivity contribution in [2.24, 2.45) is 0 Å². The van der Waals surface area contributed by atoms with Gasteiger partial charge in [-0.2, -0.15) is 0 Å². The summed E-state index contributed by atoms with van der Waals surface area (Å²) in [6.45, 7) is 1.88. The third-order valence-electron chi connectivity index (χ3n) is 4.89. The van der Waals surface area contributed by atoms with Crippen LogP contribution in [0.1, 0.15) is 27.0 Å². The van der Waals surface area contributed by atoms with E-state index in [4.69, 9.17) is 9.47 Å². The van der Waals surface area contributed by atoms with E-state index in [2.05, 4.69) is 10.6 Å². The number of methoxy groups -OCH3 is 1. The van der Waals surface area contributed by atoms with E-state index in [1.165, 1.54) is 6.08 Å². The number of para-hydroxylation sites is 1. The monoisotopic (exact) mass is 458 g/mol. The number of aryl methyl sites for hydroxylation is 1. The standard InChI is InChI=1S/C27H26N2O5/c1-19-7-9-21(10-8-19)17-28-27(32)23-5-3-4-6-24(23)29-25(30)18-34-26(31)16-13-20-11-14-22(33-2)15-12-20/h3-16H,17-18H2,1-2H3,(H,28,32)(H,29,30)/b16-13+. The van der Waals surface area contributed by atoms with E-state index in [0.29, 0.717) is 23.5 Å². The number of hydrogen-bond acceptors (Lipinski definition) is 5. The molecule has 0 aliphatic rings. The zero-order valence-corrected chi connectivity index (χ0v) is 19.0. The molecule has 0 saturated heterocycles. The van der Waals surface area contributed by atoms with Crippen LogP contribution in [0.25, 0.3) is 6.08 Å². The normalized spacial score (nSPS) is 10.5. The second-order valence-corrected chi connectivity index (χ2v) is 7.48. The van der Waals surface area contributed by atoms with Crippen LogP contribution in [0.2, 0.25) is 0 Å². The van der Waals surface area contributed by atoms with Gasteiger partial charge in [0.25, 0.3) is 11.8 Å². The molecule has 2 N–H and O–H groups in total. The summed E-state index contributed by atoms with van der Waals surface area (Å²) >= 11 is 0. The van der Waals surface area contributed by atoms with Crippen molar-refractivity contribution in [3.63, 3.8) is 0 Å². The first-order valence-corrected chi connectivity index (χ1v) is 10.7. The largest absolute Gasteiger partial charge is 0.497 e. The first-order valence-electron chi connectivity index (χ1n) is 10.7. The summed E-state index contributed by atoms with van der Waals surface area (Å²) in [5.41, 5.74) is 3.54. The number of carbonyl (C=O) groups is 3. The van der Waals surface area contributed by atoms with Gasteiger partial charge in [0, 0.05) is 12.6 Å². The molecule has 0 spiro atoms. The predicted octanol–water partition coefficient (Wildman–Crippen LogP) is 4.13. The van der Waals surface area contributed by atoms with Gasteiger partial charge in [0.1, 0.15) is 5.75 Å². The summed E-state index contributed by atoms with van der Waals surface area (Å²) in [7, 11) is 1.57. The van der Waals surface area contributed by atoms with Crippen molar-refractivity contribution >= 4 is 29.5 Å². The summed E-state index contributed by atoms with van der Waals surface area (Å²) < 4.78 is 10.1. The molecule has 7 heteroatoms. The maximum atomic E-state index is 12.6. The van der Waals surface area contributed by atoms with Gasteiger partial charge < -0.3 is 20.1 Å². The van der Waals surface area contributed by atoms with Gasteiger partial charge >= 0.3 is 5.97 Å². The average Bonchev–Trinajstić information content (AvgIpc) is 2.86. The molecule has 174 valence electrons. The summed E-state index contributed by atoms with van der Waals surface area (Å²) in [5.74, 6) is -0.823. The lowest BCUT2D eigenvalue weighted by Crippen LogP contribution is -2.26. The molecule has 0 heterocycles. The first-order chi connectivity index (χ1) is 16.4. The number of amides is 2. The Hall–Kier alpha value is -4.39. The van der Waals surface area contributed by atoms with E-state index in [1.807, 2.05) is 31.2 Å². The van der Waals surface area contributed by atoms with E-state index in [-0.39, 0.29) is 5.91 Å². The van der Waals surface area contributed by atoms with Crippen molar-refractivity contribution in [2.75, 3.05) is 19.0 Å². The molecular weight excluding hydrogens is 432 g/mol. The number of carbonyl (C=O) groups excluding carboxylic acids is 3. The zero-order chi connectivity index (χ0) is 24.3. The van der Waals surface area contributed by atoms with Gasteiger partial charge in [-0.25, -0.2) is 4.79 Å². The molecule has 3 rings (SSSR count). The average molecular weight is 459 g/mol. The highest BCUT2D eigenvalue weighted by Gasteiger charge is 2.14. The predicted molar refractivity (Wildman–Crippen MR) is 130 cm³/mol. The minimum atomic E-state index is -0.657. The molecule has 0 aliphatic carbocycles. The van der Waals surface area contributed by atoms with Crippen molar-refractivity contribution in [3.8, 4) is 5.75 Å². The number of nitrogens with one attached hydrogen (secondary N) is 2. The van der Waals surface area contributed by atoms with Crippen LogP contribution >= 0.6 is 0 Å². The molecule has 0 bridgehead atoms. The smallest absolute Gasteiger partial charge is 0.331 e. The van der Waals surface area contributed by atoms with Crippen LogP contribution in [0.5, 0.6) is 5.75 Å². The van der Waals surface area contributed by atoms with Gasteiger partial charge in [-0.3, -0.25) is 9.59 Å². The molecule has 0 saturated carbocycles. The molecule has 0 aliphatic heterocycles. The van der Waals surface area contributed by atoms with E-state index in [1.54, 1.807) is 61.7 Å². The van der Waals surface area contributed by atoms with Crippen LogP contribution in [0.4, 0.5) is 5.69 Å². The highest BCUT2D eigenvalue weighted by atomic mass is 16.5. The number of rotatable bonds is 9. The quantitative estimate of drug-likeness (QED) is 0.372. The van der Waals surface area contributed by atoms with Crippen molar-refractivity contribution in [1.29, 1.82) is 0 Å². The Morgan fingerprint density at radius 1 is 0.912 bits per heavy atom. The second-order valence-electron chi connectivity index (χ2n) is 7.48. The Labute approximate surface area is 198 Å². The highest BCUT2D eigenvalue weighted by Crippen LogP contribution is 2.16. The number of anilines is 1. The molecule has 7 nitrogen and oxygen atoms in total. The van der Waals surface area contributed by atoms with Crippen LogP contribution in [0, 0.1) is 6.92 Å². The maximum Gasteiger partial charge on any atom is 0.331 e. The van der Waals surface area contributed by atoms with Crippen molar-refractivity contribution in [2.45, 2.75) is 13.5 Å². The van der Waals surface area contributed by atoms with Gasteiger partial charge in [0.15, 0.2) is 6.61 Å². The molecule has 0 unspecified atom stereocenters. The molecule has 3 aromatic rings. The van der Waals surface area contributed by atoms with Gasteiger partial charge in [-0.05, 0) is 48.4 Å². The van der Waals surface area contributed by atoms with E-state index < -0.39 is 18.5 Å². The highest BCUT2D eigenvalue weighted by molar-refractivity contribution is 6.04. The summed E-state index contributed by atoms with van der Waals surface area (Å²) in [4.78, 5) is 36.9. The molecule has 0 atom stereocenters. The number of esters is 1. The molecule has 3 aromatic carbocycles. The van der Waals surface area contributed by atoms with E-state index >= 15 is 0 Å². The number of ether oxygens (including phenoxy) is 2. The molecule has 2 amide bonds. The first kappa shape index (κ1) is 24.3. The van der Waals surface area contributed by atoms with Crippen LogP contribution < -0.4 is 15.4 Å². The topological polar surface area (TPSA) is 93.7 Å². The molecule has 34 heavy (non-hydrogen) atoms. The van der Waals surface area contributed by atoms with Crippen molar-refractivity contribution in [3.05, 3.63) is 101 Å². The Bertz CT molecular complexity index is 1170. The Kier molecular flexibility index (Phi) is 8.57. The minimum absolute atomic E-state index is 0.314. The summed E-state index contributed by atoms with van der Waals surface area (Å²) in [6.07, 6.45) is 2.81. The Morgan fingerprint density at radius 2 is 1.62 bits per heavy atom. The minimum Gasteiger partial charge on any atom is -0.497 e. The van der Waals surface area contributed by atoms with Gasteiger partial charge in [-0.1, -0.05) is 54.1 Å². The van der Waals surface area contributed by atoms with Crippen LogP contribution in [0.15, 0.2) is 78.9 Å². The van der Waals surface area contributed by atoms with Gasteiger partial charge in [0.2, 0.25) is 0 Å².